The lowest BCUT2D eigenvalue weighted by Gasteiger charge is -1.95. The van der Waals surface area contributed by atoms with Crippen LogP contribution in [0.4, 0.5) is 0 Å². The molecule has 1 aromatic rings. The molecule has 0 spiro atoms. The maximum absolute atomic E-state index is 10.5. The van der Waals surface area contributed by atoms with E-state index in [1.807, 2.05) is 6.07 Å². The number of carboxylic acid groups (broad SMARTS) is 1. The van der Waals surface area contributed by atoms with E-state index in [1.165, 1.54) is 6.08 Å². The summed E-state index contributed by atoms with van der Waals surface area (Å²) in [5.41, 5.74) is 0.792. The number of carbonyl (C=O) groups is 1. The van der Waals surface area contributed by atoms with Crippen molar-refractivity contribution >= 4 is 11.7 Å². The summed E-state index contributed by atoms with van der Waals surface area (Å²) >= 11 is 0. The SMILES string of the molecule is C=CC(=O)O.CC=C(c1ccccc1)[N+](=O)[O-]. The van der Waals surface area contributed by atoms with Gasteiger partial charge < -0.3 is 5.11 Å². The van der Waals surface area contributed by atoms with E-state index in [0.29, 0.717) is 5.56 Å². The summed E-state index contributed by atoms with van der Waals surface area (Å²) in [4.78, 5) is 19.3. The highest BCUT2D eigenvalue weighted by atomic mass is 16.6. The minimum absolute atomic E-state index is 0.149. The van der Waals surface area contributed by atoms with Gasteiger partial charge in [0, 0.05) is 6.08 Å². The minimum atomic E-state index is -0.981. The number of allylic oxidation sites excluding steroid dienone is 1. The van der Waals surface area contributed by atoms with Crippen molar-refractivity contribution in [2.24, 2.45) is 0 Å². The zero-order valence-corrected chi connectivity index (χ0v) is 9.37. The molecule has 0 aromatic heterocycles. The molecular weight excluding hydrogens is 222 g/mol. The Labute approximate surface area is 98.9 Å². The van der Waals surface area contributed by atoms with Gasteiger partial charge in [0.05, 0.1) is 10.5 Å². The molecule has 0 atom stereocenters. The molecule has 1 N–H and O–H groups in total. The van der Waals surface area contributed by atoms with Crippen LogP contribution in [0.15, 0.2) is 49.1 Å². The Morgan fingerprint density at radius 2 is 1.88 bits per heavy atom. The predicted octanol–water partition coefficient (Wildman–Crippen LogP) is 2.58. The van der Waals surface area contributed by atoms with E-state index in [-0.39, 0.29) is 10.6 Å². The number of nitro groups is 1. The van der Waals surface area contributed by atoms with Crippen LogP contribution in [0, 0.1) is 10.1 Å². The topological polar surface area (TPSA) is 80.4 Å². The van der Waals surface area contributed by atoms with E-state index in [1.54, 1.807) is 31.2 Å². The Bertz CT molecular complexity index is 423. The van der Waals surface area contributed by atoms with E-state index >= 15 is 0 Å². The molecule has 0 aliphatic heterocycles. The molecule has 17 heavy (non-hydrogen) atoms. The van der Waals surface area contributed by atoms with Crippen molar-refractivity contribution in [3.63, 3.8) is 0 Å². The van der Waals surface area contributed by atoms with E-state index in [9.17, 15) is 14.9 Å². The maximum Gasteiger partial charge on any atom is 0.327 e. The summed E-state index contributed by atoms with van der Waals surface area (Å²) in [7, 11) is 0. The zero-order valence-electron chi connectivity index (χ0n) is 9.37. The lowest BCUT2D eigenvalue weighted by atomic mass is 10.1. The molecule has 0 bridgehead atoms. The molecule has 90 valence electrons. The van der Waals surface area contributed by atoms with Crippen molar-refractivity contribution in [2.45, 2.75) is 6.92 Å². The van der Waals surface area contributed by atoms with Gasteiger partial charge in [0.25, 0.3) is 5.70 Å². The zero-order chi connectivity index (χ0) is 13.3. The summed E-state index contributed by atoms with van der Waals surface area (Å²) in [5, 5.41) is 18.1. The Hall–Kier alpha value is -2.43. The van der Waals surface area contributed by atoms with Crippen molar-refractivity contribution in [2.75, 3.05) is 0 Å². The van der Waals surface area contributed by atoms with Crippen molar-refractivity contribution in [3.05, 3.63) is 64.7 Å². The van der Waals surface area contributed by atoms with Gasteiger partial charge in [-0.1, -0.05) is 24.8 Å². The quantitative estimate of drug-likeness (QED) is 0.496. The summed E-state index contributed by atoms with van der Waals surface area (Å²) in [6.07, 6.45) is 2.33. The molecule has 0 saturated carbocycles. The van der Waals surface area contributed by atoms with Gasteiger partial charge in [0.1, 0.15) is 0 Å². The van der Waals surface area contributed by atoms with Crippen LogP contribution >= 0.6 is 0 Å². The average molecular weight is 235 g/mol. The Morgan fingerprint density at radius 1 is 1.41 bits per heavy atom. The second-order valence-corrected chi connectivity index (χ2v) is 2.84. The highest BCUT2D eigenvalue weighted by molar-refractivity contribution is 5.78. The van der Waals surface area contributed by atoms with Crippen LogP contribution in [0.5, 0.6) is 0 Å². The molecule has 0 aliphatic rings. The molecule has 0 fully saturated rings. The third-order valence-electron chi connectivity index (χ3n) is 1.71. The molecule has 0 radical (unpaired) electrons. The molecule has 0 aliphatic carbocycles. The van der Waals surface area contributed by atoms with Gasteiger partial charge in [-0.15, -0.1) is 0 Å². The highest BCUT2D eigenvalue weighted by Gasteiger charge is 2.10. The third-order valence-corrected chi connectivity index (χ3v) is 1.71. The second-order valence-electron chi connectivity index (χ2n) is 2.84. The first kappa shape index (κ1) is 14.6. The number of hydrogen-bond donors (Lipinski definition) is 1. The minimum Gasteiger partial charge on any atom is -0.478 e. The highest BCUT2D eigenvalue weighted by Crippen LogP contribution is 2.13. The van der Waals surface area contributed by atoms with Crippen molar-refractivity contribution in [1.82, 2.24) is 0 Å². The van der Waals surface area contributed by atoms with Crippen LogP contribution in [0.25, 0.3) is 5.70 Å². The summed E-state index contributed by atoms with van der Waals surface area (Å²) < 4.78 is 0. The summed E-state index contributed by atoms with van der Waals surface area (Å²) in [6, 6.07) is 8.83. The van der Waals surface area contributed by atoms with E-state index in [2.05, 4.69) is 6.58 Å². The number of rotatable bonds is 3. The Balaban J connectivity index is 0.000000437. The molecule has 5 heteroatoms. The van der Waals surface area contributed by atoms with Crippen LogP contribution in [-0.2, 0) is 4.79 Å². The van der Waals surface area contributed by atoms with E-state index < -0.39 is 5.97 Å². The largest absolute Gasteiger partial charge is 0.478 e. The van der Waals surface area contributed by atoms with Crippen molar-refractivity contribution in [3.8, 4) is 0 Å². The second kappa shape index (κ2) is 7.81. The maximum atomic E-state index is 10.5. The fourth-order valence-corrected chi connectivity index (χ4v) is 0.986. The van der Waals surface area contributed by atoms with Crippen LogP contribution in [0.3, 0.4) is 0 Å². The summed E-state index contributed by atoms with van der Waals surface area (Å²) in [6.45, 7) is 4.62. The van der Waals surface area contributed by atoms with Gasteiger partial charge in [-0.3, -0.25) is 10.1 Å². The number of hydrogen-bond acceptors (Lipinski definition) is 3. The standard InChI is InChI=1S/C9H9NO2.C3H4O2/c1-2-9(10(11)12)8-6-4-3-5-7-8;1-2-3(4)5/h2-7H,1H3;2H,1H2,(H,4,5). The predicted molar refractivity (Wildman–Crippen MR) is 64.9 cm³/mol. The average Bonchev–Trinajstić information content (AvgIpc) is 2.31. The van der Waals surface area contributed by atoms with Crippen LogP contribution in [0.1, 0.15) is 12.5 Å². The van der Waals surface area contributed by atoms with Crippen molar-refractivity contribution < 1.29 is 14.8 Å². The first-order chi connectivity index (χ1) is 8.02. The lowest BCUT2D eigenvalue weighted by Crippen LogP contribution is -1.96. The van der Waals surface area contributed by atoms with E-state index in [4.69, 9.17) is 5.11 Å². The molecule has 0 heterocycles. The molecular formula is C12H13NO4. The number of aliphatic carboxylic acids is 1. The van der Waals surface area contributed by atoms with Crippen LogP contribution in [0.2, 0.25) is 0 Å². The number of carboxylic acids is 1. The smallest absolute Gasteiger partial charge is 0.327 e. The normalized spacial score (nSPS) is 9.82. The van der Waals surface area contributed by atoms with Gasteiger partial charge in [-0.25, -0.2) is 4.79 Å². The lowest BCUT2D eigenvalue weighted by molar-refractivity contribution is -0.375. The molecule has 1 rings (SSSR count). The number of nitrogens with zero attached hydrogens (tertiary/aromatic N) is 1. The molecule has 0 amide bonds. The monoisotopic (exact) mass is 235 g/mol. The third kappa shape index (κ3) is 5.88. The molecule has 0 saturated heterocycles. The van der Waals surface area contributed by atoms with Crippen molar-refractivity contribution in [1.29, 1.82) is 0 Å². The molecule has 0 unspecified atom stereocenters. The van der Waals surface area contributed by atoms with Gasteiger partial charge in [0.2, 0.25) is 0 Å². The van der Waals surface area contributed by atoms with Gasteiger partial charge in [-0.2, -0.15) is 0 Å². The molecule has 5 nitrogen and oxygen atoms in total. The van der Waals surface area contributed by atoms with Gasteiger partial charge >= 0.3 is 5.97 Å². The fourth-order valence-electron chi connectivity index (χ4n) is 0.986. The first-order valence-electron chi connectivity index (χ1n) is 4.74. The Morgan fingerprint density at radius 3 is 2.18 bits per heavy atom. The van der Waals surface area contributed by atoms with E-state index in [0.717, 1.165) is 6.08 Å². The fraction of sp³-hybridized carbons (Fsp3) is 0.0833. The number of benzene rings is 1. The van der Waals surface area contributed by atoms with Gasteiger partial charge in [-0.05, 0) is 25.1 Å². The van der Waals surface area contributed by atoms with Crippen LogP contribution in [-0.4, -0.2) is 16.0 Å². The molecule has 1 aromatic carbocycles. The van der Waals surface area contributed by atoms with Gasteiger partial charge in [0.15, 0.2) is 0 Å². The Kier molecular flexibility index (Phi) is 6.69. The van der Waals surface area contributed by atoms with Crippen LogP contribution < -0.4 is 0 Å². The first-order valence-corrected chi connectivity index (χ1v) is 4.74. The summed E-state index contributed by atoms with van der Waals surface area (Å²) in [5.74, 6) is -0.981.